The van der Waals surface area contributed by atoms with Crippen LogP contribution in [0.15, 0.2) is 63.9 Å². The lowest BCUT2D eigenvalue weighted by Gasteiger charge is -1.99. The third kappa shape index (κ3) is 5.43. The molecular formula is C18H22Br2N6O2S. The molecule has 0 aliphatic carbocycles. The van der Waals surface area contributed by atoms with Gasteiger partial charge in [-0.1, -0.05) is 19.1 Å². The van der Waals surface area contributed by atoms with Crippen LogP contribution in [0.1, 0.15) is 12.5 Å². The van der Waals surface area contributed by atoms with Gasteiger partial charge in [-0.3, -0.25) is 0 Å². The molecule has 0 unspecified atom stereocenters. The summed E-state index contributed by atoms with van der Waals surface area (Å²) in [5.74, 6) is -0.0263. The number of benzene rings is 1. The maximum absolute atomic E-state index is 12.1. The molecule has 0 spiro atoms. The number of guanidine groups is 1. The van der Waals surface area contributed by atoms with E-state index in [0.29, 0.717) is 4.90 Å². The van der Waals surface area contributed by atoms with E-state index in [9.17, 15) is 8.42 Å². The Hall–Kier alpha value is -2.24. The Morgan fingerprint density at radius 1 is 1.14 bits per heavy atom. The van der Waals surface area contributed by atoms with Crippen LogP contribution >= 0.6 is 17.0 Å². The average Bonchev–Trinajstić information content (AvgIpc) is 2.98. The number of hydrogen-bond donors (Lipinski definition) is 2. The van der Waals surface area contributed by atoms with Crippen molar-refractivity contribution in [3.63, 3.8) is 0 Å². The number of fused-ring (bicyclic) bond motifs is 1. The van der Waals surface area contributed by atoms with E-state index in [0.717, 1.165) is 22.5 Å². The van der Waals surface area contributed by atoms with Gasteiger partial charge in [0.15, 0.2) is 15.5 Å². The minimum absolute atomic E-state index is 0. The number of aryl methyl sites for hydroxylation is 1. The van der Waals surface area contributed by atoms with Crippen molar-refractivity contribution in [2.45, 2.75) is 11.8 Å². The van der Waals surface area contributed by atoms with Crippen LogP contribution in [0, 0.1) is 0 Å². The minimum atomic E-state index is -3.25. The van der Waals surface area contributed by atoms with Crippen LogP contribution in [-0.4, -0.2) is 30.9 Å². The minimum Gasteiger partial charge on any atom is -1.00 e. The largest absolute Gasteiger partial charge is 1.00 e. The van der Waals surface area contributed by atoms with Crippen LogP contribution in [0.25, 0.3) is 16.9 Å². The van der Waals surface area contributed by atoms with Gasteiger partial charge in [0.1, 0.15) is 17.3 Å². The normalized spacial score (nSPS) is 11.1. The lowest BCUT2D eigenvalue weighted by molar-refractivity contribution is -0.512. The number of pyridine rings is 1. The summed E-state index contributed by atoms with van der Waals surface area (Å²) in [4.78, 5) is 0.311. The fourth-order valence-corrected chi connectivity index (χ4v) is 3.62. The molecule has 2 heterocycles. The van der Waals surface area contributed by atoms with Gasteiger partial charge in [-0.05, 0) is 23.8 Å². The van der Waals surface area contributed by atoms with Crippen molar-refractivity contribution < 1.29 is 29.8 Å². The molecule has 3 aromatic rings. The van der Waals surface area contributed by atoms with Crippen molar-refractivity contribution in [3.05, 3.63) is 54.4 Å². The standard InChI is InChI=1S/C18H21N6O2S.2BrH/c1-3-27(25,26)15-8-9-17-23(2)16(12-24(17)11-15)14-6-4-13(5-7-14)10-21-22-18(19)20;;/h4-12H,3H2,1-2H3,(H4,19,20,22);2*1H/q+1;;/p-1/b21-10+;;. The molecule has 0 saturated heterocycles. The summed E-state index contributed by atoms with van der Waals surface area (Å²) in [5, 5.41) is 7.35. The van der Waals surface area contributed by atoms with Crippen molar-refractivity contribution >= 4 is 44.6 Å². The maximum Gasteiger partial charge on any atom is 0.286 e. The molecule has 0 aliphatic heterocycles. The first-order valence-electron chi connectivity index (χ1n) is 8.27. The van der Waals surface area contributed by atoms with Crippen molar-refractivity contribution in [1.82, 2.24) is 4.57 Å². The molecule has 0 saturated carbocycles. The number of nitrogens with two attached hydrogens (primary N) is 2. The number of halogens is 2. The van der Waals surface area contributed by atoms with E-state index < -0.39 is 9.84 Å². The molecule has 29 heavy (non-hydrogen) atoms. The summed E-state index contributed by atoms with van der Waals surface area (Å²) in [6.45, 7) is 1.64. The molecule has 8 nitrogen and oxygen atoms in total. The molecule has 2 aromatic heterocycles. The zero-order valence-electron chi connectivity index (χ0n) is 15.9. The summed E-state index contributed by atoms with van der Waals surface area (Å²) in [6, 6.07) is 11.2. The molecule has 4 N–H and O–H groups in total. The molecular weight excluding hydrogens is 524 g/mol. The van der Waals surface area contributed by atoms with Crippen LogP contribution in [0.2, 0.25) is 0 Å². The Morgan fingerprint density at radius 3 is 2.38 bits per heavy atom. The van der Waals surface area contributed by atoms with E-state index in [2.05, 4.69) is 10.2 Å². The van der Waals surface area contributed by atoms with Crippen LogP contribution in [-0.2, 0) is 16.9 Å². The fourth-order valence-electron chi connectivity index (χ4n) is 2.74. The summed E-state index contributed by atoms with van der Waals surface area (Å²) >= 11 is 0. The van der Waals surface area contributed by atoms with Gasteiger partial charge in [0.05, 0.1) is 19.0 Å². The third-order valence-electron chi connectivity index (χ3n) is 4.22. The molecule has 11 heteroatoms. The molecule has 0 radical (unpaired) electrons. The first-order valence-corrected chi connectivity index (χ1v) is 9.93. The Labute approximate surface area is 190 Å². The van der Waals surface area contributed by atoms with E-state index >= 15 is 0 Å². The second-order valence-electron chi connectivity index (χ2n) is 6.00. The highest BCUT2D eigenvalue weighted by atomic mass is 79.9. The zero-order valence-corrected chi connectivity index (χ0v) is 20.0. The zero-order chi connectivity index (χ0) is 19.6. The van der Waals surface area contributed by atoms with E-state index in [1.54, 1.807) is 25.4 Å². The third-order valence-corrected chi connectivity index (χ3v) is 5.94. The Kier molecular flexibility index (Phi) is 8.54. The van der Waals surface area contributed by atoms with E-state index in [1.807, 2.05) is 52.5 Å². The van der Waals surface area contributed by atoms with E-state index in [1.165, 1.54) is 0 Å². The molecule has 1 aromatic carbocycles. The highest BCUT2D eigenvalue weighted by molar-refractivity contribution is 8.93. The maximum atomic E-state index is 12.1. The fraction of sp³-hybridized carbons (Fsp3) is 0.167. The molecule has 0 atom stereocenters. The average molecular weight is 546 g/mol. The molecule has 0 amide bonds. The highest BCUT2D eigenvalue weighted by Gasteiger charge is 2.19. The molecule has 3 rings (SSSR count). The van der Waals surface area contributed by atoms with Crippen LogP contribution < -0.4 is 32.8 Å². The molecule has 156 valence electrons. The van der Waals surface area contributed by atoms with Gasteiger partial charge in [-0.25, -0.2) is 17.4 Å². The predicted octanol–water partition coefficient (Wildman–Crippen LogP) is -1.59. The van der Waals surface area contributed by atoms with Crippen LogP contribution in [0.5, 0.6) is 0 Å². The van der Waals surface area contributed by atoms with Crippen molar-refractivity contribution in [2.24, 2.45) is 28.7 Å². The first kappa shape index (κ1) is 24.8. The molecule has 0 aliphatic rings. The summed E-state index contributed by atoms with van der Waals surface area (Å²) in [5.41, 5.74) is 14.1. The van der Waals surface area contributed by atoms with Crippen LogP contribution in [0.4, 0.5) is 0 Å². The topological polar surface area (TPSA) is 120 Å². The number of aromatic nitrogens is 2. The van der Waals surface area contributed by atoms with Gasteiger partial charge in [0.25, 0.3) is 5.65 Å². The Morgan fingerprint density at radius 2 is 1.79 bits per heavy atom. The van der Waals surface area contributed by atoms with Crippen molar-refractivity contribution in [3.8, 4) is 11.3 Å². The summed E-state index contributed by atoms with van der Waals surface area (Å²) in [7, 11) is -1.31. The SMILES string of the molecule is Br.CCS(=O)(=O)c1ccc2n(C)c(-c3ccc(/C=N/N=C(N)N)cc3)c[n+]2c1.[Br-]. The predicted molar refractivity (Wildman–Crippen MR) is 115 cm³/mol. The summed E-state index contributed by atoms with van der Waals surface area (Å²) < 4.78 is 28.1. The van der Waals surface area contributed by atoms with Gasteiger partial charge < -0.3 is 28.4 Å². The van der Waals surface area contributed by atoms with Crippen molar-refractivity contribution in [2.75, 3.05) is 5.75 Å². The molecule has 0 fully saturated rings. The number of hydrogen-bond acceptors (Lipinski definition) is 4. The second kappa shape index (κ2) is 9.99. The highest BCUT2D eigenvalue weighted by Crippen LogP contribution is 2.21. The number of rotatable bonds is 5. The van der Waals surface area contributed by atoms with E-state index in [4.69, 9.17) is 11.5 Å². The quantitative estimate of drug-likeness (QED) is 0.174. The monoisotopic (exact) mass is 544 g/mol. The first-order chi connectivity index (χ1) is 12.8. The lowest BCUT2D eigenvalue weighted by atomic mass is 10.1. The Balaban J connectivity index is 0.00000210. The lowest BCUT2D eigenvalue weighted by Crippen LogP contribution is -3.00. The van der Waals surface area contributed by atoms with Crippen LogP contribution in [0.3, 0.4) is 0 Å². The Bertz CT molecular complexity index is 1150. The van der Waals surface area contributed by atoms with Crippen molar-refractivity contribution in [1.29, 1.82) is 0 Å². The van der Waals surface area contributed by atoms with Gasteiger partial charge in [0.2, 0.25) is 5.96 Å². The smallest absolute Gasteiger partial charge is 0.286 e. The van der Waals surface area contributed by atoms with E-state index in [-0.39, 0.29) is 45.7 Å². The number of nitrogens with zero attached hydrogens (tertiary/aromatic N) is 4. The van der Waals surface area contributed by atoms with Gasteiger partial charge in [0, 0.05) is 11.6 Å². The molecule has 0 bridgehead atoms. The van der Waals surface area contributed by atoms with Gasteiger partial charge in [-0.15, -0.1) is 22.1 Å². The number of imidazole rings is 1. The van der Waals surface area contributed by atoms with Gasteiger partial charge in [-0.2, -0.15) is 5.10 Å². The second-order valence-corrected chi connectivity index (χ2v) is 8.28. The summed E-state index contributed by atoms with van der Waals surface area (Å²) in [6.07, 6.45) is 5.11. The number of sulfone groups is 1. The van der Waals surface area contributed by atoms with Gasteiger partial charge >= 0.3 is 0 Å².